The third-order valence-electron chi connectivity index (χ3n) is 4.47. The second-order valence-electron chi connectivity index (χ2n) is 6.40. The van der Waals surface area contributed by atoms with E-state index in [1.807, 2.05) is 14.1 Å². The predicted molar refractivity (Wildman–Crippen MR) is 94.1 cm³/mol. The van der Waals surface area contributed by atoms with Crippen LogP contribution in [0.15, 0.2) is 52.9 Å². The monoisotopic (exact) mass is 358 g/mol. The van der Waals surface area contributed by atoms with Gasteiger partial charge in [0.1, 0.15) is 31.2 Å². The molecule has 132 valence electrons. The van der Waals surface area contributed by atoms with Gasteiger partial charge in [0.15, 0.2) is 0 Å². The van der Waals surface area contributed by atoms with Crippen LogP contribution in [-0.4, -0.2) is 19.2 Å². The van der Waals surface area contributed by atoms with Crippen molar-refractivity contribution in [2.75, 3.05) is 14.1 Å². The Balaban J connectivity index is 2.27. The Labute approximate surface area is 146 Å². The number of alkyl halides is 3. The molecule has 6 heteroatoms. The lowest BCUT2D eigenvalue weighted by Crippen LogP contribution is -2.21. The summed E-state index contributed by atoms with van der Waals surface area (Å²) in [5.74, 6) is 0.208. The number of halogens is 3. The first kappa shape index (κ1) is 16.4. The Bertz CT molecular complexity index is 1200. The Morgan fingerprint density at radius 2 is 1.65 bits per heavy atom. The molecule has 0 bridgehead atoms. The van der Waals surface area contributed by atoms with Gasteiger partial charge in [-0.3, -0.25) is 0 Å². The molecule has 3 nitrogen and oxygen atoms in total. The van der Waals surface area contributed by atoms with E-state index in [-0.39, 0.29) is 28.0 Å². The smallest absolute Gasteiger partial charge is 0.417 e. The highest BCUT2D eigenvalue weighted by molar-refractivity contribution is 6.07. The fourth-order valence-electron chi connectivity index (χ4n) is 3.24. The summed E-state index contributed by atoms with van der Waals surface area (Å²) in [6.07, 6.45) is -4.53. The van der Waals surface area contributed by atoms with Crippen molar-refractivity contribution in [3.63, 3.8) is 0 Å². The Morgan fingerprint density at radius 1 is 0.923 bits per heavy atom. The van der Waals surface area contributed by atoms with Gasteiger partial charge >= 0.3 is 6.18 Å². The summed E-state index contributed by atoms with van der Waals surface area (Å²) < 4.78 is 49.4. The topological polar surface area (TPSA) is 36.4 Å². The van der Waals surface area contributed by atoms with Gasteiger partial charge in [-0.25, -0.2) is 4.58 Å². The van der Waals surface area contributed by atoms with Crippen LogP contribution in [0.2, 0.25) is 0 Å². The van der Waals surface area contributed by atoms with Crippen molar-refractivity contribution in [2.45, 2.75) is 6.18 Å². The average molecular weight is 358 g/mol. The zero-order valence-electron chi connectivity index (χ0n) is 14.1. The van der Waals surface area contributed by atoms with Gasteiger partial charge in [-0.1, -0.05) is 6.07 Å². The van der Waals surface area contributed by atoms with E-state index in [1.165, 1.54) is 24.3 Å². The van der Waals surface area contributed by atoms with Crippen LogP contribution >= 0.6 is 0 Å². The van der Waals surface area contributed by atoms with Gasteiger partial charge < -0.3 is 9.52 Å². The van der Waals surface area contributed by atoms with Crippen molar-refractivity contribution >= 4 is 21.7 Å². The second-order valence-corrected chi connectivity index (χ2v) is 6.40. The third-order valence-corrected chi connectivity index (χ3v) is 4.47. The van der Waals surface area contributed by atoms with E-state index in [1.54, 1.807) is 28.8 Å². The first-order chi connectivity index (χ1) is 12.3. The van der Waals surface area contributed by atoms with Gasteiger partial charge in [-0.05, 0) is 35.7 Å². The highest BCUT2D eigenvalue weighted by atomic mass is 19.4. The number of aromatic hydroxyl groups is 1. The molecule has 0 saturated heterocycles. The largest absolute Gasteiger partial charge is 0.508 e. The molecule has 1 aliphatic carbocycles. The van der Waals surface area contributed by atoms with Gasteiger partial charge in [-0.15, -0.1) is 0 Å². The van der Waals surface area contributed by atoms with Crippen molar-refractivity contribution in [1.29, 1.82) is 0 Å². The van der Waals surface area contributed by atoms with Gasteiger partial charge in [0.25, 0.3) is 0 Å². The summed E-state index contributed by atoms with van der Waals surface area (Å²) >= 11 is 0. The minimum absolute atomic E-state index is 0.000734. The molecule has 0 unspecified atom stereocenters. The Morgan fingerprint density at radius 3 is 2.35 bits per heavy atom. The van der Waals surface area contributed by atoms with E-state index >= 15 is 0 Å². The van der Waals surface area contributed by atoms with Crippen molar-refractivity contribution in [3.05, 3.63) is 59.5 Å². The highest BCUT2D eigenvalue weighted by Gasteiger charge is 2.37. The van der Waals surface area contributed by atoms with Crippen LogP contribution in [0.1, 0.15) is 5.56 Å². The normalized spacial score (nSPS) is 12.2. The quantitative estimate of drug-likeness (QED) is 0.286. The Hall–Kier alpha value is -3.02. The van der Waals surface area contributed by atoms with Gasteiger partial charge in [0.2, 0.25) is 5.36 Å². The number of phenols is 1. The maximum Gasteiger partial charge on any atom is 0.417 e. The molecular weight excluding hydrogens is 343 g/mol. The summed E-state index contributed by atoms with van der Waals surface area (Å²) in [6, 6.07) is 12.1. The number of nitrogens with zero attached hydrogens (tertiary/aromatic N) is 1. The summed E-state index contributed by atoms with van der Waals surface area (Å²) in [4.78, 5) is 0. The molecule has 0 fully saturated rings. The van der Waals surface area contributed by atoms with Crippen LogP contribution < -0.4 is 9.93 Å². The highest BCUT2D eigenvalue weighted by Crippen LogP contribution is 2.44. The number of hydrogen-bond acceptors (Lipinski definition) is 2. The molecule has 2 aromatic carbocycles. The molecule has 1 N–H and O–H groups in total. The molecule has 26 heavy (non-hydrogen) atoms. The molecule has 2 aromatic rings. The fraction of sp³-hybridized carbons (Fsp3) is 0.150. The van der Waals surface area contributed by atoms with Crippen LogP contribution in [0, 0.1) is 0 Å². The SMILES string of the molecule is C[N+](C)=c1ccc2c(C(F)(F)F)c3ccc4cc(O)ccc4c3oc-2c1. The molecule has 0 aromatic heterocycles. The van der Waals surface area contributed by atoms with Crippen LogP contribution in [0.3, 0.4) is 0 Å². The van der Waals surface area contributed by atoms with Crippen LogP contribution in [0.25, 0.3) is 33.1 Å². The zero-order chi connectivity index (χ0) is 18.6. The molecule has 0 saturated carbocycles. The van der Waals surface area contributed by atoms with Gasteiger partial charge in [-0.2, -0.15) is 13.2 Å². The van der Waals surface area contributed by atoms with Gasteiger partial charge in [0.05, 0.1) is 11.6 Å². The lowest BCUT2D eigenvalue weighted by molar-refractivity contribution is -0.136. The lowest BCUT2D eigenvalue weighted by atomic mass is 9.96. The van der Waals surface area contributed by atoms with Crippen molar-refractivity contribution in [1.82, 2.24) is 4.58 Å². The standard InChI is InChI=1S/C20H14F3NO2/c1-24(2)12-4-7-15-17(10-12)26-19-14-8-5-13(25)9-11(14)3-6-16(19)18(15)20(21,22)23/h3-10H,1-2H3/p+1. The molecule has 0 radical (unpaired) electrons. The molecule has 1 aliphatic heterocycles. The summed E-state index contributed by atoms with van der Waals surface area (Å²) in [6.45, 7) is 0. The zero-order valence-corrected chi connectivity index (χ0v) is 14.1. The van der Waals surface area contributed by atoms with Gasteiger partial charge in [0, 0.05) is 22.4 Å². The van der Waals surface area contributed by atoms with Crippen molar-refractivity contribution in [2.24, 2.45) is 0 Å². The minimum Gasteiger partial charge on any atom is -0.508 e. The average Bonchev–Trinajstić information content (AvgIpc) is 2.57. The number of hydrogen-bond donors (Lipinski definition) is 1. The van der Waals surface area contributed by atoms with Crippen molar-refractivity contribution < 1.29 is 22.7 Å². The van der Waals surface area contributed by atoms with E-state index in [0.29, 0.717) is 10.8 Å². The Kier molecular flexibility index (Phi) is 3.47. The maximum atomic E-state index is 13.9. The minimum atomic E-state index is -4.53. The summed E-state index contributed by atoms with van der Waals surface area (Å²) in [7, 11) is 3.62. The number of rotatable bonds is 0. The molecule has 0 atom stereocenters. The first-order valence-electron chi connectivity index (χ1n) is 7.95. The molecule has 0 amide bonds. The van der Waals surface area contributed by atoms with E-state index < -0.39 is 11.7 Å². The van der Waals surface area contributed by atoms with E-state index in [9.17, 15) is 18.3 Å². The molecule has 4 rings (SSSR count). The van der Waals surface area contributed by atoms with E-state index in [4.69, 9.17) is 4.42 Å². The number of benzene rings is 3. The lowest BCUT2D eigenvalue weighted by Gasteiger charge is -2.17. The summed E-state index contributed by atoms with van der Waals surface area (Å²) in [5, 5.41) is 11.5. The molecule has 0 spiro atoms. The molecule has 1 heterocycles. The molecule has 2 aliphatic rings. The van der Waals surface area contributed by atoms with Crippen LogP contribution in [0.5, 0.6) is 5.75 Å². The van der Waals surface area contributed by atoms with Crippen LogP contribution in [-0.2, 0) is 6.18 Å². The predicted octanol–water partition coefficient (Wildman–Crippen LogP) is 4.45. The second kappa shape index (κ2) is 5.49. The van der Waals surface area contributed by atoms with E-state index in [2.05, 4.69) is 0 Å². The fourth-order valence-corrected chi connectivity index (χ4v) is 3.24. The third kappa shape index (κ3) is 2.49. The maximum absolute atomic E-state index is 13.9. The molecular formula is C20H15F3NO2+. The van der Waals surface area contributed by atoms with Crippen LogP contribution in [0.4, 0.5) is 13.2 Å². The number of phenolic OH excluding ortho intramolecular Hbond substituents is 1. The van der Waals surface area contributed by atoms with Crippen molar-refractivity contribution in [3.8, 4) is 17.1 Å². The number of fused-ring (bicyclic) bond motifs is 4. The summed E-state index contributed by atoms with van der Waals surface area (Å²) in [5.41, 5.74) is -0.541. The first-order valence-corrected chi connectivity index (χ1v) is 7.95. The van der Waals surface area contributed by atoms with E-state index in [0.717, 1.165) is 5.36 Å².